The summed E-state index contributed by atoms with van der Waals surface area (Å²) in [5.74, 6) is -0.986. The van der Waals surface area contributed by atoms with Gasteiger partial charge in [0.1, 0.15) is 6.54 Å². The molecule has 0 aromatic carbocycles. The molecule has 0 aromatic rings. The summed E-state index contributed by atoms with van der Waals surface area (Å²) in [6, 6.07) is -0.232. The first kappa shape index (κ1) is 10.8. The van der Waals surface area contributed by atoms with Crippen LogP contribution in [0.1, 0.15) is 12.8 Å². The number of carbonyl (C=O) groups is 2. The lowest BCUT2D eigenvalue weighted by molar-refractivity contribution is -0.137. The number of aliphatic carboxylic acids is 1. The minimum atomic E-state index is -0.986. The van der Waals surface area contributed by atoms with Gasteiger partial charge in [0.25, 0.3) is 0 Å². The number of nitrogens with two attached hydrogens (primary N) is 1. The summed E-state index contributed by atoms with van der Waals surface area (Å²) in [6.07, 6.45) is 1.78. The van der Waals surface area contributed by atoms with E-state index in [0.29, 0.717) is 13.1 Å². The van der Waals surface area contributed by atoms with Crippen molar-refractivity contribution in [1.29, 1.82) is 0 Å². The predicted octanol–water partition coefficient (Wildman–Crippen LogP) is -0.796. The van der Waals surface area contributed by atoms with E-state index in [9.17, 15) is 9.59 Å². The molecule has 1 aliphatic rings. The number of carbonyl (C=O) groups excluding carboxylic acids is 1. The third-order valence-electron chi connectivity index (χ3n) is 1.97. The van der Waals surface area contributed by atoms with Crippen molar-refractivity contribution in [2.24, 2.45) is 5.73 Å². The van der Waals surface area contributed by atoms with Crippen LogP contribution in [0.3, 0.4) is 0 Å². The number of rotatable bonds is 5. The van der Waals surface area contributed by atoms with Gasteiger partial charge in [0.15, 0.2) is 0 Å². The van der Waals surface area contributed by atoms with Gasteiger partial charge in [-0.25, -0.2) is 4.79 Å². The summed E-state index contributed by atoms with van der Waals surface area (Å²) < 4.78 is 0. The highest BCUT2D eigenvalue weighted by Crippen LogP contribution is 2.26. The van der Waals surface area contributed by atoms with E-state index in [0.717, 1.165) is 12.8 Å². The van der Waals surface area contributed by atoms with Gasteiger partial charge in [0.05, 0.1) is 0 Å². The number of nitrogens with zero attached hydrogens (tertiary/aromatic N) is 1. The minimum absolute atomic E-state index is 0.101. The van der Waals surface area contributed by atoms with E-state index in [1.807, 2.05) is 0 Å². The molecule has 0 saturated heterocycles. The Morgan fingerprint density at radius 1 is 1.50 bits per heavy atom. The summed E-state index contributed by atoms with van der Waals surface area (Å²) in [7, 11) is 0. The maximum absolute atomic E-state index is 11.4. The highest BCUT2D eigenvalue weighted by Gasteiger charge is 2.33. The van der Waals surface area contributed by atoms with Gasteiger partial charge >= 0.3 is 12.0 Å². The molecule has 4 N–H and O–H groups in total. The number of nitrogens with one attached hydrogen (secondary N) is 1. The molecule has 0 bridgehead atoms. The van der Waals surface area contributed by atoms with Gasteiger partial charge in [-0.15, -0.1) is 0 Å². The fourth-order valence-corrected chi connectivity index (χ4v) is 1.18. The van der Waals surface area contributed by atoms with Crippen LogP contribution < -0.4 is 11.1 Å². The van der Waals surface area contributed by atoms with Crippen LogP contribution in [0.5, 0.6) is 0 Å². The zero-order chi connectivity index (χ0) is 10.6. The van der Waals surface area contributed by atoms with Crippen molar-refractivity contribution < 1.29 is 14.7 Å². The van der Waals surface area contributed by atoms with Crippen molar-refractivity contribution in [3.8, 4) is 0 Å². The standard InChI is InChI=1S/C8H15N3O3/c9-3-4-10-8(14)11(5-7(12)13)6-1-2-6/h6H,1-5,9H2,(H,10,14)(H,12,13). The van der Waals surface area contributed by atoms with Gasteiger partial charge < -0.3 is 21.1 Å². The van der Waals surface area contributed by atoms with Gasteiger partial charge in [-0.3, -0.25) is 4.79 Å². The molecule has 2 amide bonds. The molecule has 6 nitrogen and oxygen atoms in total. The highest BCUT2D eigenvalue weighted by molar-refractivity contribution is 5.80. The van der Waals surface area contributed by atoms with Crippen LogP contribution in [0.4, 0.5) is 4.79 Å². The Morgan fingerprint density at radius 3 is 2.57 bits per heavy atom. The third-order valence-corrected chi connectivity index (χ3v) is 1.97. The average molecular weight is 201 g/mol. The Labute approximate surface area is 82.1 Å². The minimum Gasteiger partial charge on any atom is -0.480 e. The van der Waals surface area contributed by atoms with Gasteiger partial charge in [-0.1, -0.05) is 0 Å². The van der Waals surface area contributed by atoms with Crippen molar-refractivity contribution >= 4 is 12.0 Å². The molecule has 0 radical (unpaired) electrons. The van der Waals surface area contributed by atoms with Crippen LogP contribution >= 0.6 is 0 Å². The highest BCUT2D eigenvalue weighted by atomic mass is 16.4. The van der Waals surface area contributed by atoms with E-state index in [2.05, 4.69) is 5.32 Å². The smallest absolute Gasteiger partial charge is 0.323 e. The molecule has 0 spiro atoms. The van der Waals surface area contributed by atoms with E-state index >= 15 is 0 Å². The number of hydrogen-bond donors (Lipinski definition) is 3. The van der Waals surface area contributed by atoms with Crippen LogP contribution in [0.25, 0.3) is 0 Å². The second kappa shape index (κ2) is 4.80. The van der Waals surface area contributed by atoms with E-state index < -0.39 is 5.97 Å². The van der Waals surface area contributed by atoms with Crippen molar-refractivity contribution in [3.05, 3.63) is 0 Å². The van der Waals surface area contributed by atoms with E-state index in [1.165, 1.54) is 4.90 Å². The summed E-state index contributed by atoms with van der Waals surface area (Å²) in [5, 5.41) is 11.1. The van der Waals surface area contributed by atoms with Crippen molar-refractivity contribution in [1.82, 2.24) is 10.2 Å². The molecule has 0 aromatic heterocycles. The van der Waals surface area contributed by atoms with Crippen LogP contribution in [0.15, 0.2) is 0 Å². The number of amides is 2. The quantitative estimate of drug-likeness (QED) is 0.542. The van der Waals surface area contributed by atoms with Crippen molar-refractivity contribution in [2.75, 3.05) is 19.6 Å². The third kappa shape index (κ3) is 3.21. The van der Waals surface area contributed by atoms with Gasteiger partial charge in [0, 0.05) is 19.1 Å². The van der Waals surface area contributed by atoms with E-state index in [-0.39, 0.29) is 18.6 Å². The summed E-state index contributed by atoms with van der Waals surface area (Å²) >= 11 is 0. The second-order valence-corrected chi connectivity index (χ2v) is 3.27. The largest absolute Gasteiger partial charge is 0.480 e. The van der Waals surface area contributed by atoms with Gasteiger partial charge in [-0.2, -0.15) is 0 Å². The van der Waals surface area contributed by atoms with Gasteiger partial charge in [0.2, 0.25) is 0 Å². The molecule has 1 rings (SSSR count). The van der Waals surface area contributed by atoms with E-state index in [1.54, 1.807) is 0 Å². The summed E-state index contributed by atoms with van der Waals surface area (Å²) in [6.45, 7) is 0.500. The molecular weight excluding hydrogens is 186 g/mol. The molecule has 14 heavy (non-hydrogen) atoms. The topological polar surface area (TPSA) is 95.7 Å². The summed E-state index contributed by atoms with van der Waals surface area (Å²) in [4.78, 5) is 23.2. The van der Waals surface area contributed by atoms with Crippen LogP contribution in [-0.4, -0.2) is 47.7 Å². The lowest BCUT2D eigenvalue weighted by atomic mass is 10.5. The molecule has 6 heteroatoms. The summed E-state index contributed by atoms with van der Waals surface area (Å²) in [5.41, 5.74) is 5.22. The molecule has 1 fully saturated rings. The Hall–Kier alpha value is -1.30. The molecule has 0 atom stereocenters. The number of urea groups is 1. The monoisotopic (exact) mass is 201 g/mol. The molecular formula is C8H15N3O3. The number of carboxylic acids is 1. The molecule has 0 aliphatic heterocycles. The Bertz CT molecular complexity index is 228. The van der Waals surface area contributed by atoms with E-state index in [4.69, 9.17) is 10.8 Å². The zero-order valence-electron chi connectivity index (χ0n) is 7.90. The fraction of sp³-hybridized carbons (Fsp3) is 0.750. The zero-order valence-corrected chi connectivity index (χ0v) is 7.90. The first-order chi connectivity index (χ1) is 6.65. The van der Waals surface area contributed by atoms with Crippen LogP contribution in [0, 0.1) is 0 Å². The normalized spacial score (nSPS) is 14.9. The Balaban J connectivity index is 2.40. The maximum Gasteiger partial charge on any atom is 0.323 e. The molecule has 80 valence electrons. The van der Waals surface area contributed by atoms with Crippen LogP contribution in [0.2, 0.25) is 0 Å². The first-order valence-corrected chi connectivity index (χ1v) is 4.61. The van der Waals surface area contributed by atoms with Gasteiger partial charge in [-0.05, 0) is 12.8 Å². The Kier molecular flexibility index (Phi) is 3.70. The second-order valence-electron chi connectivity index (χ2n) is 3.27. The van der Waals surface area contributed by atoms with Crippen LogP contribution in [-0.2, 0) is 4.79 Å². The van der Waals surface area contributed by atoms with Crippen molar-refractivity contribution in [2.45, 2.75) is 18.9 Å². The fourth-order valence-electron chi connectivity index (χ4n) is 1.18. The SMILES string of the molecule is NCCNC(=O)N(CC(=O)O)C1CC1. The maximum atomic E-state index is 11.4. The molecule has 1 saturated carbocycles. The number of carboxylic acid groups (broad SMARTS) is 1. The average Bonchev–Trinajstić information content (AvgIpc) is 2.93. The van der Waals surface area contributed by atoms with Crippen molar-refractivity contribution in [3.63, 3.8) is 0 Å². The molecule has 0 heterocycles. The Morgan fingerprint density at radius 2 is 2.14 bits per heavy atom. The molecule has 0 unspecified atom stereocenters. The lowest BCUT2D eigenvalue weighted by Crippen LogP contribution is -2.45. The lowest BCUT2D eigenvalue weighted by Gasteiger charge is -2.20. The molecule has 1 aliphatic carbocycles. The predicted molar refractivity (Wildman–Crippen MR) is 49.8 cm³/mol. The first-order valence-electron chi connectivity index (χ1n) is 4.61. The number of hydrogen-bond acceptors (Lipinski definition) is 3.